The zero-order valence-corrected chi connectivity index (χ0v) is 16.9. The van der Waals surface area contributed by atoms with Gasteiger partial charge < -0.3 is 11.1 Å². The Morgan fingerprint density at radius 1 is 1.31 bits per heavy atom. The van der Waals surface area contributed by atoms with E-state index in [1.54, 1.807) is 11.3 Å². The molecule has 0 spiro atoms. The summed E-state index contributed by atoms with van der Waals surface area (Å²) in [5, 5.41) is 6.84. The Balaban J connectivity index is 0.00000240. The van der Waals surface area contributed by atoms with Crippen LogP contribution >= 0.6 is 23.7 Å². The number of halogens is 2. The molecule has 1 aliphatic heterocycles. The van der Waals surface area contributed by atoms with Crippen LogP contribution in [0.4, 0.5) is 4.39 Å². The van der Waals surface area contributed by atoms with E-state index in [-0.39, 0.29) is 37.1 Å². The molecular formula is C19H19ClFN5O2S. The van der Waals surface area contributed by atoms with Crippen molar-refractivity contribution >= 4 is 29.7 Å². The fourth-order valence-electron chi connectivity index (χ4n) is 3.10. The van der Waals surface area contributed by atoms with E-state index in [2.05, 4.69) is 10.4 Å². The van der Waals surface area contributed by atoms with Crippen molar-refractivity contribution in [3.63, 3.8) is 0 Å². The summed E-state index contributed by atoms with van der Waals surface area (Å²) in [5.74, 6) is -0.0368. The maximum Gasteiger partial charge on any atom is 0.346 e. The lowest BCUT2D eigenvalue weighted by Crippen LogP contribution is -2.26. The first kappa shape index (κ1) is 21.0. The number of thiophene rings is 1. The van der Waals surface area contributed by atoms with Gasteiger partial charge in [-0.15, -0.1) is 23.7 Å². The van der Waals surface area contributed by atoms with Gasteiger partial charge in [-0.1, -0.05) is 6.07 Å². The van der Waals surface area contributed by atoms with Crippen LogP contribution in [0.1, 0.15) is 20.8 Å². The normalized spacial score (nSPS) is 13.2. The lowest BCUT2D eigenvalue weighted by Gasteiger charge is -2.02. The number of hydrogen-bond donors (Lipinski definition) is 2. The standard InChI is InChI=1S/C19H18FN5O2S.ClH/c20-6-12(7-21)9-25-19(27)24(11-23-25)10-15-2-4-17(28-15)13-1-3-16-14(5-13)8-22-18(16)26;/h1-6,11H,7-10,21H2,(H,22,26);1H/b12-6+;. The number of hydrogen-bond acceptors (Lipinski definition) is 5. The third-order valence-electron chi connectivity index (χ3n) is 4.63. The number of aromatic nitrogens is 3. The van der Waals surface area contributed by atoms with Gasteiger partial charge in [-0.05, 0) is 41.0 Å². The van der Waals surface area contributed by atoms with Crippen molar-refractivity contribution in [2.24, 2.45) is 5.73 Å². The van der Waals surface area contributed by atoms with Crippen LogP contribution < -0.4 is 16.7 Å². The molecule has 0 atom stereocenters. The zero-order chi connectivity index (χ0) is 19.7. The SMILES string of the molecule is Cl.NC/C(=C\F)Cn1ncn(Cc2ccc(-c3ccc4c(c3)CNC4=O)s2)c1=O. The van der Waals surface area contributed by atoms with Crippen molar-refractivity contribution < 1.29 is 9.18 Å². The largest absolute Gasteiger partial charge is 0.348 e. The number of nitrogens with two attached hydrogens (primary N) is 1. The second-order valence-corrected chi connectivity index (χ2v) is 7.66. The molecule has 0 unspecified atom stereocenters. The molecule has 0 saturated heterocycles. The Morgan fingerprint density at radius 3 is 2.90 bits per heavy atom. The summed E-state index contributed by atoms with van der Waals surface area (Å²) in [6.45, 7) is 1.00. The minimum absolute atomic E-state index is 0. The molecule has 3 aromatic rings. The van der Waals surface area contributed by atoms with E-state index in [1.807, 2.05) is 30.3 Å². The average Bonchev–Trinajstić information content (AvgIpc) is 3.41. The fourth-order valence-corrected chi connectivity index (χ4v) is 4.10. The summed E-state index contributed by atoms with van der Waals surface area (Å²) in [6.07, 6.45) is 1.86. The van der Waals surface area contributed by atoms with Crippen molar-refractivity contribution in [3.05, 3.63) is 75.1 Å². The summed E-state index contributed by atoms with van der Waals surface area (Å²) < 4.78 is 15.4. The van der Waals surface area contributed by atoms with Gasteiger partial charge >= 0.3 is 5.69 Å². The number of benzene rings is 1. The van der Waals surface area contributed by atoms with Crippen molar-refractivity contribution in [2.75, 3.05) is 6.54 Å². The third-order valence-corrected chi connectivity index (χ3v) is 5.75. The molecule has 29 heavy (non-hydrogen) atoms. The molecule has 3 N–H and O–H groups in total. The number of carbonyl (C=O) groups excluding carboxylic acids is 1. The van der Waals surface area contributed by atoms with Crippen molar-refractivity contribution in [1.82, 2.24) is 19.7 Å². The fraction of sp³-hybridized carbons (Fsp3) is 0.211. The predicted molar refractivity (Wildman–Crippen MR) is 112 cm³/mol. The molecule has 0 bridgehead atoms. The first-order chi connectivity index (χ1) is 13.6. The van der Waals surface area contributed by atoms with E-state index < -0.39 is 0 Å². The lowest BCUT2D eigenvalue weighted by atomic mass is 10.1. The van der Waals surface area contributed by atoms with E-state index in [9.17, 15) is 14.0 Å². The van der Waals surface area contributed by atoms with E-state index in [1.165, 1.54) is 15.6 Å². The van der Waals surface area contributed by atoms with Gasteiger partial charge in [0, 0.05) is 28.4 Å². The second kappa shape index (κ2) is 8.73. The van der Waals surface area contributed by atoms with Crippen LogP contribution in [0, 0.1) is 0 Å². The smallest absolute Gasteiger partial charge is 0.346 e. The number of nitrogens with zero attached hydrogens (tertiary/aromatic N) is 3. The number of carbonyl (C=O) groups is 1. The van der Waals surface area contributed by atoms with E-state index >= 15 is 0 Å². The highest BCUT2D eigenvalue weighted by Gasteiger charge is 2.19. The highest BCUT2D eigenvalue weighted by atomic mass is 35.5. The topological polar surface area (TPSA) is 94.9 Å². The van der Waals surface area contributed by atoms with Crippen molar-refractivity contribution in [1.29, 1.82) is 0 Å². The predicted octanol–water partition coefficient (Wildman–Crippen LogP) is 2.30. The van der Waals surface area contributed by atoms with E-state index in [0.29, 0.717) is 25.0 Å². The molecule has 4 rings (SSSR count). The highest BCUT2D eigenvalue weighted by molar-refractivity contribution is 7.15. The molecule has 2 aromatic heterocycles. The molecule has 3 heterocycles. The van der Waals surface area contributed by atoms with E-state index in [4.69, 9.17) is 5.73 Å². The van der Waals surface area contributed by atoms with E-state index in [0.717, 1.165) is 26.4 Å². The summed E-state index contributed by atoms with van der Waals surface area (Å²) in [5.41, 5.74) is 8.17. The monoisotopic (exact) mass is 435 g/mol. The molecule has 0 radical (unpaired) electrons. The molecule has 7 nitrogen and oxygen atoms in total. The van der Waals surface area contributed by atoms with Gasteiger partial charge in [0.25, 0.3) is 5.91 Å². The number of nitrogens with one attached hydrogen (secondary N) is 1. The molecule has 1 aliphatic rings. The number of amides is 1. The Kier molecular flexibility index (Phi) is 6.31. The number of fused-ring (bicyclic) bond motifs is 1. The minimum atomic E-state index is -0.315. The maximum absolute atomic E-state index is 12.7. The molecule has 10 heteroatoms. The van der Waals surface area contributed by atoms with Crippen LogP contribution in [-0.4, -0.2) is 26.8 Å². The highest BCUT2D eigenvalue weighted by Crippen LogP contribution is 2.31. The Morgan fingerprint density at radius 2 is 2.14 bits per heavy atom. The Bertz CT molecular complexity index is 1130. The molecule has 152 valence electrons. The van der Waals surface area contributed by atoms with Gasteiger partial charge in [0.05, 0.1) is 19.4 Å². The Hall–Kier alpha value is -2.75. The van der Waals surface area contributed by atoms with Gasteiger partial charge in [0.2, 0.25) is 0 Å². The minimum Gasteiger partial charge on any atom is -0.348 e. The summed E-state index contributed by atoms with van der Waals surface area (Å²) in [4.78, 5) is 26.1. The summed E-state index contributed by atoms with van der Waals surface area (Å²) in [6, 6.07) is 9.76. The lowest BCUT2D eigenvalue weighted by molar-refractivity contribution is 0.0966. The van der Waals surface area contributed by atoms with Crippen LogP contribution in [-0.2, 0) is 19.6 Å². The average molecular weight is 436 g/mol. The van der Waals surface area contributed by atoms with Crippen LogP contribution in [0.3, 0.4) is 0 Å². The van der Waals surface area contributed by atoms with Crippen LogP contribution in [0.25, 0.3) is 10.4 Å². The number of rotatable bonds is 6. The van der Waals surface area contributed by atoms with Crippen LogP contribution in [0.5, 0.6) is 0 Å². The van der Waals surface area contributed by atoms with Gasteiger partial charge in [-0.2, -0.15) is 5.10 Å². The first-order valence-electron chi connectivity index (χ1n) is 8.69. The molecule has 0 saturated carbocycles. The third kappa shape index (κ3) is 4.16. The second-order valence-electron chi connectivity index (χ2n) is 6.49. The quantitative estimate of drug-likeness (QED) is 0.621. The first-order valence-corrected chi connectivity index (χ1v) is 9.51. The van der Waals surface area contributed by atoms with Crippen LogP contribution in [0.15, 0.2) is 53.4 Å². The maximum atomic E-state index is 12.7. The summed E-state index contributed by atoms with van der Waals surface area (Å²) in [7, 11) is 0. The summed E-state index contributed by atoms with van der Waals surface area (Å²) >= 11 is 1.57. The van der Waals surface area contributed by atoms with Crippen LogP contribution in [0.2, 0.25) is 0 Å². The molecule has 0 aliphatic carbocycles. The molecule has 1 amide bonds. The zero-order valence-electron chi connectivity index (χ0n) is 15.3. The molecular weight excluding hydrogens is 417 g/mol. The Labute approximate surface area is 176 Å². The van der Waals surface area contributed by atoms with Gasteiger partial charge in [0.15, 0.2) is 0 Å². The van der Waals surface area contributed by atoms with Gasteiger partial charge in [-0.3, -0.25) is 9.36 Å². The van der Waals surface area contributed by atoms with Crippen molar-refractivity contribution in [2.45, 2.75) is 19.6 Å². The van der Waals surface area contributed by atoms with Gasteiger partial charge in [0.1, 0.15) is 6.33 Å². The van der Waals surface area contributed by atoms with Gasteiger partial charge in [-0.25, -0.2) is 13.9 Å². The molecule has 1 aromatic carbocycles. The molecule has 0 fully saturated rings. The van der Waals surface area contributed by atoms with Crippen molar-refractivity contribution in [3.8, 4) is 10.4 Å².